The second-order valence-electron chi connectivity index (χ2n) is 4.51. The number of aliphatic imine (C=N–C) groups is 1. The first kappa shape index (κ1) is 11.8. The molecule has 90 valence electrons. The van der Waals surface area contributed by atoms with Gasteiger partial charge in [0.2, 0.25) is 5.91 Å². The number of amides is 1. The van der Waals surface area contributed by atoms with E-state index in [1.54, 1.807) is 18.8 Å². The molecule has 1 amide bonds. The summed E-state index contributed by atoms with van der Waals surface area (Å²) in [6.45, 7) is 0.588. The average Bonchev–Trinajstić information content (AvgIpc) is 2.90. The maximum atomic E-state index is 11.0. The monoisotopic (exact) mass is 241 g/mol. The minimum Gasteiger partial charge on any atom is -0.359 e. The van der Waals surface area contributed by atoms with Crippen LogP contribution in [0.3, 0.4) is 0 Å². The minimum atomic E-state index is 0.0583. The standard InChI is InChI=1S/C11H19N3OS/c1-12-9(15)4-7-13-10-14-11(8-16-10)5-2-3-6-11/h2-8H2,1H3,(H,12,15)(H,13,14). The van der Waals surface area contributed by atoms with E-state index in [0.29, 0.717) is 18.5 Å². The number of rotatable bonds is 3. The van der Waals surface area contributed by atoms with E-state index in [9.17, 15) is 4.79 Å². The van der Waals surface area contributed by atoms with Gasteiger partial charge in [0.25, 0.3) is 0 Å². The van der Waals surface area contributed by atoms with Gasteiger partial charge < -0.3 is 10.6 Å². The first-order valence-corrected chi connectivity index (χ1v) is 6.89. The van der Waals surface area contributed by atoms with Gasteiger partial charge in [-0.15, -0.1) is 0 Å². The molecule has 1 saturated carbocycles. The molecule has 2 rings (SSSR count). The number of hydrogen-bond donors (Lipinski definition) is 2. The first-order chi connectivity index (χ1) is 7.74. The van der Waals surface area contributed by atoms with Crippen molar-refractivity contribution in [1.82, 2.24) is 10.6 Å². The molecule has 2 N–H and O–H groups in total. The van der Waals surface area contributed by atoms with Crippen molar-refractivity contribution in [3.05, 3.63) is 0 Å². The van der Waals surface area contributed by atoms with Crippen LogP contribution in [0, 0.1) is 0 Å². The van der Waals surface area contributed by atoms with Gasteiger partial charge in [0.05, 0.1) is 6.54 Å². The fourth-order valence-electron chi connectivity index (χ4n) is 2.30. The zero-order valence-electron chi connectivity index (χ0n) is 9.71. The van der Waals surface area contributed by atoms with Crippen molar-refractivity contribution in [3.8, 4) is 0 Å². The molecule has 1 saturated heterocycles. The van der Waals surface area contributed by atoms with E-state index in [-0.39, 0.29) is 5.91 Å². The zero-order chi connectivity index (χ0) is 11.4. The number of nitrogens with one attached hydrogen (secondary N) is 2. The average molecular weight is 241 g/mol. The van der Waals surface area contributed by atoms with Crippen LogP contribution in [0.4, 0.5) is 0 Å². The second kappa shape index (κ2) is 5.08. The van der Waals surface area contributed by atoms with Crippen LogP contribution in [-0.2, 0) is 4.79 Å². The smallest absolute Gasteiger partial charge is 0.221 e. The van der Waals surface area contributed by atoms with E-state index in [2.05, 4.69) is 15.6 Å². The molecule has 0 bridgehead atoms. The molecule has 0 unspecified atom stereocenters. The van der Waals surface area contributed by atoms with Crippen LogP contribution in [0.1, 0.15) is 32.1 Å². The van der Waals surface area contributed by atoms with Crippen molar-refractivity contribution in [1.29, 1.82) is 0 Å². The van der Waals surface area contributed by atoms with Gasteiger partial charge in [-0.2, -0.15) is 0 Å². The summed E-state index contributed by atoms with van der Waals surface area (Å²) in [6, 6.07) is 0. The third kappa shape index (κ3) is 2.70. The summed E-state index contributed by atoms with van der Waals surface area (Å²) in [4.78, 5) is 15.5. The number of nitrogens with zero attached hydrogens (tertiary/aromatic N) is 1. The Morgan fingerprint density at radius 3 is 3.00 bits per heavy atom. The summed E-state index contributed by atoms with van der Waals surface area (Å²) in [5, 5.41) is 7.18. The molecule has 0 radical (unpaired) electrons. The maximum Gasteiger partial charge on any atom is 0.221 e. The number of carbonyl (C=O) groups is 1. The van der Waals surface area contributed by atoms with Gasteiger partial charge in [-0.3, -0.25) is 9.79 Å². The van der Waals surface area contributed by atoms with E-state index in [0.717, 1.165) is 10.9 Å². The lowest BCUT2D eigenvalue weighted by Gasteiger charge is -2.21. The fourth-order valence-corrected chi connectivity index (χ4v) is 3.54. The molecule has 2 aliphatic rings. The maximum absolute atomic E-state index is 11.0. The third-order valence-corrected chi connectivity index (χ3v) is 4.49. The van der Waals surface area contributed by atoms with Crippen molar-refractivity contribution in [2.75, 3.05) is 19.3 Å². The molecule has 1 heterocycles. The Kier molecular flexibility index (Phi) is 3.74. The van der Waals surface area contributed by atoms with E-state index in [1.807, 2.05) is 0 Å². The highest BCUT2D eigenvalue weighted by molar-refractivity contribution is 8.14. The normalized spacial score (nSPS) is 24.9. The van der Waals surface area contributed by atoms with Crippen LogP contribution >= 0.6 is 11.8 Å². The van der Waals surface area contributed by atoms with Gasteiger partial charge in [0, 0.05) is 24.8 Å². The summed E-state index contributed by atoms with van der Waals surface area (Å²) in [7, 11) is 1.66. The third-order valence-electron chi connectivity index (χ3n) is 3.29. The van der Waals surface area contributed by atoms with Crippen molar-refractivity contribution in [3.63, 3.8) is 0 Å². The summed E-state index contributed by atoms with van der Waals surface area (Å²) in [5.41, 5.74) is 0.330. The highest BCUT2D eigenvalue weighted by Gasteiger charge is 2.39. The van der Waals surface area contributed by atoms with E-state index in [4.69, 9.17) is 0 Å². The second-order valence-corrected chi connectivity index (χ2v) is 5.48. The SMILES string of the molecule is CNC(=O)CCN=C1NC2(CCCC2)CS1. The lowest BCUT2D eigenvalue weighted by molar-refractivity contribution is -0.120. The molecule has 16 heavy (non-hydrogen) atoms. The first-order valence-electron chi connectivity index (χ1n) is 5.90. The van der Waals surface area contributed by atoms with Crippen LogP contribution in [0.5, 0.6) is 0 Å². The van der Waals surface area contributed by atoms with Gasteiger partial charge in [-0.1, -0.05) is 24.6 Å². The fraction of sp³-hybridized carbons (Fsp3) is 0.818. The van der Waals surface area contributed by atoms with Crippen LogP contribution in [0.2, 0.25) is 0 Å². The van der Waals surface area contributed by atoms with Gasteiger partial charge >= 0.3 is 0 Å². The molecule has 0 aromatic carbocycles. The van der Waals surface area contributed by atoms with Crippen molar-refractivity contribution >= 4 is 22.8 Å². The molecule has 2 fully saturated rings. The van der Waals surface area contributed by atoms with Crippen LogP contribution < -0.4 is 10.6 Å². The summed E-state index contributed by atoms with van der Waals surface area (Å²) in [5.74, 6) is 1.20. The Morgan fingerprint density at radius 1 is 1.56 bits per heavy atom. The predicted molar refractivity (Wildman–Crippen MR) is 67.8 cm³/mol. The lowest BCUT2D eigenvalue weighted by Crippen LogP contribution is -2.40. The molecular weight excluding hydrogens is 222 g/mol. The minimum absolute atomic E-state index is 0.0583. The lowest BCUT2D eigenvalue weighted by atomic mass is 10.0. The Hall–Kier alpha value is -0.710. The molecule has 0 atom stereocenters. The molecule has 0 aromatic rings. The summed E-state index contributed by atoms with van der Waals surface area (Å²) in [6.07, 6.45) is 5.69. The Bertz CT molecular complexity index is 298. The molecule has 0 aromatic heterocycles. The number of thioether (sulfide) groups is 1. The highest BCUT2D eigenvalue weighted by Crippen LogP contribution is 2.37. The Labute approximate surface area is 101 Å². The van der Waals surface area contributed by atoms with E-state index < -0.39 is 0 Å². The van der Waals surface area contributed by atoms with Crippen LogP contribution in [-0.4, -0.2) is 36.0 Å². The molecule has 1 aliphatic heterocycles. The number of amidine groups is 1. The van der Waals surface area contributed by atoms with Crippen molar-refractivity contribution in [2.24, 2.45) is 4.99 Å². The predicted octanol–water partition coefficient (Wildman–Crippen LogP) is 1.13. The van der Waals surface area contributed by atoms with E-state index in [1.165, 1.54) is 25.7 Å². The largest absolute Gasteiger partial charge is 0.359 e. The molecular formula is C11H19N3OS. The van der Waals surface area contributed by atoms with Gasteiger partial charge in [0.15, 0.2) is 5.17 Å². The quantitative estimate of drug-likeness (QED) is 0.779. The van der Waals surface area contributed by atoms with Crippen molar-refractivity contribution < 1.29 is 4.79 Å². The molecule has 1 aliphatic carbocycles. The summed E-state index contributed by atoms with van der Waals surface area (Å²) < 4.78 is 0. The van der Waals surface area contributed by atoms with Gasteiger partial charge in [0.1, 0.15) is 0 Å². The number of carbonyl (C=O) groups excluding carboxylic acids is 1. The van der Waals surface area contributed by atoms with Gasteiger partial charge in [-0.05, 0) is 12.8 Å². The molecule has 5 heteroatoms. The van der Waals surface area contributed by atoms with Crippen LogP contribution in [0.15, 0.2) is 4.99 Å². The molecule has 4 nitrogen and oxygen atoms in total. The van der Waals surface area contributed by atoms with Crippen LogP contribution in [0.25, 0.3) is 0 Å². The Balaban J connectivity index is 1.79. The molecule has 1 spiro atoms. The topological polar surface area (TPSA) is 53.5 Å². The Morgan fingerprint density at radius 2 is 2.31 bits per heavy atom. The van der Waals surface area contributed by atoms with Gasteiger partial charge in [-0.25, -0.2) is 0 Å². The van der Waals surface area contributed by atoms with E-state index >= 15 is 0 Å². The zero-order valence-corrected chi connectivity index (χ0v) is 10.5. The highest BCUT2D eigenvalue weighted by atomic mass is 32.2. The summed E-state index contributed by atoms with van der Waals surface area (Å²) >= 11 is 1.80. The van der Waals surface area contributed by atoms with Crippen molar-refractivity contribution in [2.45, 2.75) is 37.6 Å². The number of hydrogen-bond acceptors (Lipinski definition) is 3.